The molecule has 1 heterocycles. The molecule has 23 heavy (non-hydrogen) atoms. The van der Waals surface area contributed by atoms with Crippen molar-refractivity contribution in [2.45, 2.75) is 31.1 Å². The summed E-state index contributed by atoms with van der Waals surface area (Å²) in [5, 5.41) is 3.10. The molecule has 1 amide bonds. The van der Waals surface area contributed by atoms with E-state index >= 15 is 0 Å². The quantitative estimate of drug-likeness (QED) is 0.921. The topological polar surface area (TPSA) is 51.2 Å². The molecule has 1 aliphatic rings. The Hall–Kier alpha value is -2.36. The molecule has 120 valence electrons. The van der Waals surface area contributed by atoms with Crippen molar-refractivity contribution >= 4 is 5.91 Å². The first-order chi connectivity index (χ1) is 11.2. The minimum atomic E-state index is -0.0575. The molecular formula is C19H22N2O2. The fraction of sp³-hybridized carbons (Fsp3) is 0.368. The van der Waals surface area contributed by atoms with Crippen molar-refractivity contribution in [3.8, 4) is 5.75 Å². The summed E-state index contributed by atoms with van der Waals surface area (Å²) in [6, 6.07) is 11.8. The lowest BCUT2D eigenvalue weighted by Gasteiger charge is -2.30. The Morgan fingerprint density at radius 1 is 1.22 bits per heavy atom. The van der Waals surface area contributed by atoms with Gasteiger partial charge in [-0.15, -0.1) is 0 Å². The zero-order valence-electron chi connectivity index (χ0n) is 13.4. The molecule has 0 atom stereocenters. The van der Waals surface area contributed by atoms with Gasteiger partial charge in [-0.2, -0.15) is 0 Å². The van der Waals surface area contributed by atoms with Gasteiger partial charge in [0, 0.05) is 24.4 Å². The molecule has 3 rings (SSSR count). The third kappa shape index (κ3) is 3.36. The zero-order chi connectivity index (χ0) is 16.1. The van der Waals surface area contributed by atoms with Gasteiger partial charge in [0.15, 0.2) is 0 Å². The van der Waals surface area contributed by atoms with Crippen molar-refractivity contribution < 1.29 is 9.53 Å². The van der Waals surface area contributed by atoms with Crippen LogP contribution in [0.3, 0.4) is 0 Å². The molecule has 0 unspecified atom stereocenters. The fourth-order valence-corrected chi connectivity index (χ4v) is 3.41. The highest BCUT2D eigenvalue weighted by atomic mass is 16.5. The van der Waals surface area contributed by atoms with E-state index in [4.69, 9.17) is 4.74 Å². The summed E-state index contributed by atoms with van der Waals surface area (Å²) in [7, 11) is 1.68. The van der Waals surface area contributed by atoms with Gasteiger partial charge in [0.05, 0.1) is 12.7 Å². The van der Waals surface area contributed by atoms with E-state index in [0.29, 0.717) is 12.1 Å². The van der Waals surface area contributed by atoms with Crippen molar-refractivity contribution in [3.05, 3.63) is 59.9 Å². The van der Waals surface area contributed by atoms with Crippen LogP contribution in [-0.2, 0) is 5.41 Å². The van der Waals surface area contributed by atoms with Gasteiger partial charge in [0.2, 0.25) is 0 Å². The molecule has 0 spiro atoms. The van der Waals surface area contributed by atoms with Gasteiger partial charge in [-0.25, -0.2) is 0 Å². The predicted octanol–water partition coefficient (Wildman–Crippen LogP) is 3.33. The molecule has 1 aliphatic carbocycles. The fourth-order valence-electron chi connectivity index (χ4n) is 3.41. The maximum atomic E-state index is 12.3. The Morgan fingerprint density at radius 2 is 1.96 bits per heavy atom. The number of rotatable bonds is 5. The van der Waals surface area contributed by atoms with Crippen LogP contribution in [0.15, 0.2) is 48.8 Å². The number of nitrogens with zero attached hydrogens (tertiary/aromatic N) is 1. The van der Waals surface area contributed by atoms with Crippen LogP contribution in [0.4, 0.5) is 0 Å². The van der Waals surface area contributed by atoms with Gasteiger partial charge in [-0.3, -0.25) is 9.78 Å². The van der Waals surface area contributed by atoms with Crippen LogP contribution in [0.5, 0.6) is 5.75 Å². The van der Waals surface area contributed by atoms with Crippen molar-refractivity contribution in [3.63, 3.8) is 0 Å². The average Bonchev–Trinajstić information content (AvgIpc) is 3.11. The standard InChI is InChI=1S/C19H22N2O2/c1-23-17-8-6-16(7-9-17)19(10-2-3-11-19)14-21-18(22)15-5-4-12-20-13-15/h4-9,12-13H,2-3,10-11,14H2,1H3,(H,21,22). The highest BCUT2D eigenvalue weighted by molar-refractivity contribution is 5.93. The SMILES string of the molecule is COc1ccc(C2(CNC(=O)c3cccnc3)CCCC2)cc1. The van der Waals surface area contributed by atoms with E-state index in [2.05, 4.69) is 22.4 Å². The third-order valence-corrected chi connectivity index (χ3v) is 4.77. The number of methoxy groups -OCH3 is 1. The summed E-state index contributed by atoms with van der Waals surface area (Å²) in [5.41, 5.74) is 1.92. The lowest BCUT2D eigenvalue weighted by molar-refractivity contribution is 0.0942. The van der Waals surface area contributed by atoms with E-state index in [1.807, 2.05) is 12.1 Å². The van der Waals surface area contributed by atoms with Crippen molar-refractivity contribution in [2.75, 3.05) is 13.7 Å². The molecule has 4 heteroatoms. The largest absolute Gasteiger partial charge is 0.497 e. The smallest absolute Gasteiger partial charge is 0.252 e. The van der Waals surface area contributed by atoms with Crippen LogP contribution in [0.25, 0.3) is 0 Å². The number of nitrogens with one attached hydrogen (secondary N) is 1. The summed E-state index contributed by atoms with van der Waals surface area (Å²) < 4.78 is 5.24. The lowest BCUT2D eigenvalue weighted by Crippen LogP contribution is -2.39. The number of aromatic nitrogens is 1. The highest BCUT2D eigenvalue weighted by Gasteiger charge is 2.35. The van der Waals surface area contributed by atoms with E-state index in [1.165, 1.54) is 18.4 Å². The number of carbonyl (C=O) groups is 1. The Morgan fingerprint density at radius 3 is 2.57 bits per heavy atom. The van der Waals surface area contributed by atoms with Gasteiger partial charge < -0.3 is 10.1 Å². The molecule has 1 saturated carbocycles. The molecule has 1 fully saturated rings. The van der Waals surface area contributed by atoms with Gasteiger partial charge in [0.1, 0.15) is 5.75 Å². The number of hydrogen-bond donors (Lipinski definition) is 1. The zero-order valence-corrected chi connectivity index (χ0v) is 13.4. The van der Waals surface area contributed by atoms with Gasteiger partial charge in [-0.1, -0.05) is 25.0 Å². The van der Waals surface area contributed by atoms with Crippen molar-refractivity contribution in [2.24, 2.45) is 0 Å². The third-order valence-electron chi connectivity index (χ3n) is 4.77. The molecule has 0 radical (unpaired) electrons. The molecule has 1 aromatic carbocycles. The first kappa shape index (κ1) is 15.5. The molecule has 4 nitrogen and oxygen atoms in total. The van der Waals surface area contributed by atoms with E-state index in [0.717, 1.165) is 18.6 Å². The van der Waals surface area contributed by atoms with Crippen molar-refractivity contribution in [1.82, 2.24) is 10.3 Å². The molecule has 2 aromatic rings. The number of ether oxygens (including phenoxy) is 1. The predicted molar refractivity (Wildman–Crippen MR) is 89.7 cm³/mol. The summed E-state index contributed by atoms with van der Waals surface area (Å²) >= 11 is 0. The molecular weight excluding hydrogens is 288 g/mol. The Labute approximate surface area is 136 Å². The maximum absolute atomic E-state index is 12.3. The average molecular weight is 310 g/mol. The maximum Gasteiger partial charge on any atom is 0.252 e. The summed E-state index contributed by atoms with van der Waals surface area (Å²) in [6.45, 7) is 0.660. The van der Waals surface area contributed by atoms with Gasteiger partial charge in [-0.05, 0) is 42.7 Å². The normalized spacial score (nSPS) is 16.0. The Balaban J connectivity index is 1.74. The van der Waals surface area contributed by atoms with Crippen LogP contribution in [0.2, 0.25) is 0 Å². The second-order valence-electron chi connectivity index (χ2n) is 6.14. The van der Waals surface area contributed by atoms with Crippen LogP contribution < -0.4 is 10.1 Å². The molecule has 1 N–H and O–H groups in total. The van der Waals surface area contributed by atoms with Crippen LogP contribution >= 0.6 is 0 Å². The molecule has 0 aliphatic heterocycles. The first-order valence-corrected chi connectivity index (χ1v) is 8.06. The van der Waals surface area contributed by atoms with Crippen LogP contribution in [0.1, 0.15) is 41.6 Å². The molecule has 0 saturated heterocycles. The molecule has 0 bridgehead atoms. The van der Waals surface area contributed by atoms with E-state index in [1.54, 1.807) is 31.6 Å². The number of benzene rings is 1. The number of carbonyl (C=O) groups excluding carboxylic acids is 1. The highest BCUT2D eigenvalue weighted by Crippen LogP contribution is 2.41. The summed E-state index contributed by atoms with van der Waals surface area (Å²) in [5.74, 6) is 0.805. The van der Waals surface area contributed by atoms with Gasteiger partial charge in [0.25, 0.3) is 5.91 Å². The number of hydrogen-bond acceptors (Lipinski definition) is 3. The van der Waals surface area contributed by atoms with Crippen LogP contribution in [-0.4, -0.2) is 24.5 Å². The minimum Gasteiger partial charge on any atom is -0.497 e. The lowest BCUT2D eigenvalue weighted by atomic mass is 9.78. The minimum absolute atomic E-state index is 0.0319. The molecule has 1 aromatic heterocycles. The van der Waals surface area contributed by atoms with E-state index in [-0.39, 0.29) is 11.3 Å². The summed E-state index contributed by atoms with van der Waals surface area (Å²) in [4.78, 5) is 16.3. The monoisotopic (exact) mass is 310 g/mol. The Kier molecular flexibility index (Phi) is 4.60. The van der Waals surface area contributed by atoms with E-state index in [9.17, 15) is 4.79 Å². The Bertz CT molecular complexity index is 647. The second kappa shape index (κ2) is 6.82. The number of amides is 1. The summed E-state index contributed by atoms with van der Waals surface area (Å²) in [6.07, 6.45) is 7.89. The first-order valence-electron chi connectivity index (χ1n) is 8.06. The van der Waals surface area contributed by atoms with Crippen molar-refractivity contribution in [1.29, 1.82) is 0 Å². The van der Waals surface area contributed by atoms with E-state index < -0.39 is 0 Å². The van der Waals surface area contributed by atoms with Gasteiger partial charge >= 0.3 is 0 Å². The second-order valence-corrected chi connectivity index (χ2v) is 6.14. The van der Waals surface area contributed by atoms with Crippen LogP contribution in [0, 0.1) is 0 Å². The number of pyridine rings is 1.